The molecule has 1 saturated heterocycles. The molecule has 16 heteroatoms. The first-order chi connectivity index (χ1) is 17.3. The number of carboxylic acids is 2. The molecule has 1 unspecified atom stereocenters. The zero-order chi connectivity index (χ0) is 27.7. The van der Waals surface area contributed by atoms with Crippen molar-refractivity contribution >= 4 is 59.7 Å². The quantitative estimate of drug-likeness (QED) is 0.207. The van der Waals surface area contributed by atoms with Crippen molar-refractivity contribution < 1.29 is 58.2 Å². The number of esters is 1. The van der Waals surface area contributed by atoms with Crippen LogP contribution in [0.5, 0.6) is 0 Å². The van der Waals surface area contributed by atoms with Crippen molar-refractivity contribution in [2.75, 3.05) is 11.8 Å². The number of aromatic carboxylic acids is 1. The SMILES string of the molecule is N#Cc1c2cc(c(C(=O)O)c1S)CC(N)C(=O)OCC(=O)C1(C(=O)CC(=O)O)CC(=O)ON2OC(=O)C1. The molecule has 3 aliphatic heterocycles. The molecule has 1 fully saturated rings. The van der Waals surface area contributed by atoms with E-state index in [-0.39, 0.29) is 10.8 Å². The van der Waals surface area contributed by atoms with Gasteiger partial charge in [0.1, 0.15) is 29.6 Å². The molecule has 0 saturated carbocycles. The largest absolute Gasteiger partial charge is 0.481 e. The van der Waals surface area contributed by atoms with Gasteiger partial charge in [-0.15, -0.1) is 12.6 Å². The number of carbonyl (C=O) groups is 7. The van der Waals surface area contributed by atoms with Gasteiger partial charge in [0.05, 0.1) is 24.0 Å². The second-order valence-corrected chi connectivity index (χ2v) is 8.47. The maximum absolute atomic E-state index is 13.0. The van der Waals surface area contributed by atoms with Crippen molar-refractivity contribution in [1.29, 1.82) is 5.26 Å². The highest BCUT2D eigenvalue weighted by Gasteiger charge is 2.52. The van der Waals surface area contributed by atoms with E-state index in [1.54, 1.807) is 6.07 Å². The Hall–Kier alpha value is -4.49. The molecule has 194 valence electrons. The number of hydrogen-bond acceptors (Lipinski definition) is 14. The molecule has 0 amide bonds. The molecule has 4 N–H and O–H groups in total. The minimum Gasteiger partial charge on any atom is -0.481 e. The first-order valence-corrected chi connectivity index (χ1v) is 10.7. The van der Waals surface area contributed by atoms with Crippen LogP contribution in [0.2, 0.25) is 0 Å². The maximum atomic E-state index is 13.0. The molecule has 1 atom stereocenters. The van der Waals surface area contributed by atoms with Gasteiger partial charge in [-0.25, -0.2) is 14.4 Å². The second kappa shape index (κ2) is 10.2. The lowest BCUT2D eigenvalue weighted by atomic mass is 9.72. The fraction of sp³-hybridized carbons (Fsp3) is 0.333. The van der Waals surface area contributed by atoms with Crippen LogP contribution in [0.4, 0.5) is 5.69 Å². The van der Waals surface area contributed by atoms with Gasteiger partial charge in [-0.3, -0.25) is 19.2 Å². The number of nitriles is 1. The Morgan fingerprint density at radius 1 is 1.16 bits per heavy atom. The number of rotatable bonds is 4. The molecule has 15 nitrogen and oxygen atoms in total. The van der Waals surface area contributed by atoms with Gasteiger partial charge in [0, 0.05) is 4.90 Å². The molecular weight excluding hydrogens is 518 g/mol. The summed E-state index contributed by atoms with van der Waals surface area (Å²) in [6, 6.07) is 1.06. The summed E-state index contributed by atoms with van der Waals surface area (Å²) in [6.45, 7) is -1.18. The van der Waals surface area contributed by atoms with E-state index in [0.717, 1.165) is 6.07 Å². The number of aliphatic carboxylic acids is 1. The van der Waals surface area contributed by atoms with Gasteiger partial charge in [-0.05, 0) is 23.3 Å². The van der Waals surface area contributed by atoms with Gasteiger partial charge in [-0.2, -0.15) is 5.26 Å². The smallest absolute Gasteiger partial charge is 0.337 e. The molecule has 0 spiro atoms. The zero-order valence-electron chi connectivity index (χ0n) is 18.6. The number of fused-ring (bicyclic) bond motifs is 9. The second-order valence-electron chi connectivity index (χ2n) is 8.02. The van der Waals surface area contributed by atoms with Gasteiger partial charge >= 0.3 is 29.8 Å². The summed E-state index contributed by atoms with van der Waals surface area (Å²) in [5.41, 5.74) is 1.49. The number of Topliss-reactive ketones (excluding diaryl/α,β-unsaturated/α-hetero) is 2. The summed E-state index contributed by atoms with van der Waals surface area (Å²) < 4.78 is 4.85. The number of thiol groups is 1. The Bertz CT molecular complexity index is 1280. The number of carbonyl (C=O) groups excluding carboxylic acids is 5. The molecule has 37 heavy (non-hydrogen) atoms. The van der Waals surface area contributed by atoms with Crippen LogP contribution in [0.1, 0.15) is 40.7 Å². The first-order valence-electron chi connectivity index (χ1n) is 10.2. The Morgan fingerprint density at radius 2 is 1.76 bits per heavy atom. The van der Waals surface area contributed by atoms with E-state index < -0.39 is 107 Å². The van der Waals surface area contributed by atoms with E-state index >= 15 is 0 Å². The van der Waals surface area contributed by atoms with E-state index in [4.69, 9.17) is 25.3 Å². The van der Waals surface area contributed by atoms with Gasteiger partial charge in [-0.1, -0.05) is 0 Å². The topological polar surface area (TPSA) is 241 Å². The fourth-order valence-electron chi connectivity index (χ4n) is 3.84. The van der Waals surface area contributed by atoms with E-state index in [1.165, 1.54) is 0 Å². The fourth-order valence-corrected chi connectivity index (χ4v) is 4.25. The normalized spacial score (nSPS) is 22.1. The van der Waals surface area contributed by atoms with Crippen molar-refractivity contribution in [1.82, 2.24) is 0 Å². The third-order valence-electron chi connectivity index (χ3n) is 5.61. The van der Waals surface area contributed by atoms with Gasteiger partial charge in [0.2, 0.25) is 0 Å². The lowest BCUT2D eigenvalue weighted by molar-refractivity contribution is -0.187. The van der Waals surface area contributed by atoms with E-state index in [9.17, 15) is 43.9 Å². The number of carboxylic acid groups (broad SMARTS) is 2. The maximum Gasteiger partial charge on any atom is 0.337 e. The summed E-state index contributed by atoms with van der Waals surface area (Å²) >= 11 is 4.08. The number of nitrogens with zero attached hydrogens (tertiary/aromatic N) is 2. The standard InChI is InChI=1S/C21H17N3O12S/c22-6-9-11-2-8(17(18(9)37)19(31)32)1-10(23)20(33)34-7-13(26)21(12(25)3-14(27)28)4-15(29)35-24(11)36-16(30)5-21/h2,10,37H,1,3-5,7,23H2,(H,27,28)(H,31,32). The zero-order valence-corrected chi connectivity index (χ0v) is 19.5. The Balaban J connectivity index is 2.27. The number of hydrogen-bond donors (Lipinski definition) is 4. The monoisotopic (exact) mass is 535 g/mol. The molecule has 3 heterocycles. The molecular formula is C21H17N3O12S. The third-order valence-corrected chi connectivity index (χ3v) is 6.06. The average Bonchev–Trinajstić information content (AvgIpc) is 2.78. The van der Waals surface area contributed by atoms with Crippen LogP contribution >= 0.6 is 12.6 Å². The molecule has 1 aromatic rings. The predicted octanol–water partition coefficient (Wildman–Crippen LogP) is -0.912. The van der Waals surface area contributed by atoms with Crippen molar-refractivity contribution in [2.45, 2.75) is 36.6 Å². The number of ether oxygens (including phenoxy) is 1. The van der Waals surface area contributed by atoms with Crippen LogP contribution < -0.4 is 11.0 Å². The highest BCUT2D eigenvalue weighted by atomic mass is 32.1. The molecule has 0 aliphatic carbocycles. The number of nitrogens with two attached hydrogens (primary N) is 1. The Morgan fingerprint density at radius 3 is 2.27 bits per heavy atom. The minimum atomic E-state index is -2.61. The number of ketones is 2. The van der Waals surface area contributed by atoms with E-state index in [0.29, 0.717) is 0 Å². The molecule has 3 aliphatic rings. The highest BCUT2D eigenvalue weighted by Crippen LogP contribution is 2.38. The summed E-state index contributed by atoms with van der Waals surface area (Å²) in [6.07, 6.45) is -4.10. The Labute approximate surface area is 212 Å². The van der Waals surface area contributed by atoms with E-state index in [2.05, 4.69) is 12.6 Å². The summed E-state index contributed by atoms with van der Waals surface area (Å²) in [5, 5.41) is 28.5. The van der Waals surface area contributed by atoms with Crippen LogP contribution in [0, 0.1) is 16.7 Å². The minimum absolute atomic E-state index is 0.184. The van der Waals surface area contributed by atoms with Crippen LogP contribution in [-0.4, -0.2) is 64.3 Å². The lowest BCUT2D eigenvalue weighted by Gasteiger charge is -2.33. The molecule has 1 aromatic carbocycles. The lowest BCUT2D eigenvalue weighted by Crippen LogP contribution is -2.50. The number of benzene rings is 1. The molecule has 4 bridgehead atoms. The third kappa shape index (κ3) is 5.22. The number of anilines is 1. The average molecular weight is 535 g/mol. The van der Waals surface area contributed by atoms with Crippen LogP contribution in [0.15, 0.2) is 11.0 Å². The van der Waals surface area contributed by atoms with Crippen LogP contribution in [0.3, 0.4) is 0 Å². The predicted molar refractivity (Wildman–Crippen MR) is 117 cm³/mol. The highest BCUT2D eigenvalue weighted by molar-refractivity contribution is 7.80. The molecule has 0 aromatic heterocycles. The first kappa shape index (κ1) is 27.1. The van der Waals surface area contributed by atoms with Crippen molar-refractivity contribution in [3.05, 3.63) is 22.8 Å². The van der Waals surface area contributed by atoms with Crippen molar-refractivity contribution in [3.8, 4) is 6.07 Å². The van der Waals surface area contributed by atoms with Gasteiger partial charge in [0.25, 0.3) is 0 Å². The summed E-state index contributed by atoms with van der Waals surface area (Å²) in [7, 11) is 0. The summed E-state index contributed by atoms with van der Waals surface area (Å²) in [5.74, 6) is -9.80. The van der Waals surface area contributed by atoms with Crippen LogP contribution in [-0.2, 0) is 49.6 Å². The van der Waals surface area contributed by atoms with Gasteiger partial charge in [0.15, 0.2) is 18.2 Å². The van der Waals surface area contributed by atoms with Gasteiger partial charge < -0.3 is 30.4 Å². The van der Waals surface area contributed by atoms with Crippen molar-refractivity contribution in [3.63, 3.8) is 0 Å². The van der Waals surface area contributed by atoms with Crippen LogP contribution in [0.25, 0.3) is 0 Å². The van der Waals surface area contributed by atoms with Crippen molar-refractivity contribution in [2.24, 2.45) is 11.1 Å². The molecule has 4 rings (SSSR count). The molecule has 0 radical (unpaired) electrons. The summed E-state index contributed by atoms with van der Waals surface area (Å²) in [4.78, 5) is 96.4. The van der Waals surface area contributed by atoms with E-state index in [1.807, 2.05) is 0 Å². The Kier molecular flexibility index (Phi) is 7.50.